The van der Waals surface area contributed by atoms with Gasteiger partial charge in [0.1, 0.15) is 5.75 Å². The molecule has 0 aliphatic carbocycles. The van der Waals surface area contributed by atoms with Crippen LogP contribution in [0.25, 0.3) is 11.1 Å². The molecule has 1 amide bonds. The summed E-state index contributed by atoms with van der Waals surface area (Å²) in [6.07, 6.45) is 1.62. The van der Waals surface area contributed by atoms with Crippen molar-refractivity contribution in [3.05, 3.63) is 71.8 Å². The predicted molar refractivity (Wildman–Crippen MR) is 143 cm³/mol. The molecule has 1 spiro atoms. The molecule has 0 bridgehead atoms. The maximum absolute atomic E-state index is 11.8. The number of anilines is 1. The van der Waals surface area contributed by atoms with Gasteiger partial charge >= 0.3 is 0 Å². The molecule has 182 valence electrons. The van der Waals surface area contributed by atoms with E-state index in [-0.39, 0.29) is 5.91 Å². The van der Waals surface area contributed by atoms with Gasteiger partial charge in [-0.3, -0.25) is 4.79 Å². The third-order valence-electron chi connectivity index (χ3n) is 6.51. The van der Waals surface area contributed by atoms with E-state index in [1.807, 2.05) is 37.4 Å². The third kappa shape index (κ3) is 5.16. The molecule has 3 aromatic carbocycles. The van der Waals surface area contributed by atoms with Crippen molar-refractivity contribution in [1.29, 1.82) is 0 Å². The van der Waals surface area contributed by atoms with E-state index in [1.165, 1.54) is 4.90 Å². The van der Waals surface area contributed by atoms with E-state index in [2.05, 4.69) is 57.9 Å². The molecule has 2 heterocycles. The number of carbonyl (C=O) groups excluding carboxylic acids is 1. The highest BCUT2D eigenvalue weighted by molar-refractivity contribution is 7.97. The molecule has 0 saturated carbocycles. The number of rotatable bonds is 5. The zero-order chi connectivity index (χ0) is 24.4. The first-order valence-corrected chi connectivity index (χ1v) is 12.9. The number of amides is 1. The minimum Gasteiger partial charge on any atom is -0.462 e. The second kappa shape index (κ2) is 10.1. The van der Waals surface area contributed by atoms with E-state index in [4.69, 9.17) is 9.47 Å². The van der Waals surface area contributed by atoms with Crippen LogP contribution in [-0.4, -0.2) is 43.2 Å². The Labute approximate surface area is 215 Å². The maximum atomic E-state index is 11.8. The zero-order valence-electron chi connectivity index (χ0n) is 19.8. The van der Waals surface area contributed by atoms with Crippen molar-refractivity contribution in [1.82, 2.24) is 9.62 Å². The van der Waals surface area contributed by atoms with Crippen LogP contribution in [-0.2, 0) is 11.3 Å². The topological polar surface area (TPSA) is 62.8 Å². The molecule has 1 fully saturated rings. The number of ether oxygens (including phenoxy) is 2. The molecule has 0 unspecified atom stereocenters. The Balaban J connectivity index is 1.22. The van der Waals surface area contributed by atoms with Crippen molar-refractivity contribution in [2.45, 2.75) is 35.0 Å². The molecule has 35 heavy (non-hydrogen) atoms. The minimum absolute atomic E-state index is 0.0864. The standard InChI is InChI=1S/C27H29N3O3S2/c1-28-23-9-8-22(16-25(23)34)35-30-13-11-27(12-14-30)32-17-21-15-20(7-10-24(21)33-27)18-3-5-19(6-4-18)26(31)29-2/h3-10,15-16,28,34H,11-14,17H2,1-2H3,(H,29,31). The van der Waals surface area contributed by atoms with E-state index in [9.17, 15) is 4.79 Å². The van der Waals surface area contributed by atoms with Crippen LogP contribution in [0.2, 0.25) is 0 Å². The minimum atomic E-state index is -0.564. The number of carbonyl (C=O) groups is 1. The van der Waals surface area contributed by atoms with E-state index in [0.29, 0.717) is 12.2 Å². The molecule has 1 saturated heterocycles. The number of thiol groups is 1. The van der Waals surface area contributed by atoms with Crippen LogP contribution in [0.3, 0.4) is 0 Å². The molecular weight excluding hydrogens is 478 g/mol. The second-order valence-corrected chi connectivity index (χ2v) is 10.4. The van der Waals surface area contributed by atoms with Gasteiger partial charge in [0, 0.05) is 66.6 Å². The van der Waals surface area contributed by atoms with Crippen molar-refractivity contribution in [2.75, 3.05) is 32.5 Å². The molecule has 5 rings (SSSR count). The Morgan fingerprint density at radius 2 is 1.74 bits per heavy atom. The van der Waals surface area contributed by atoms with Gasteiger partial charge in [0.2, 0.25) is 5.79 Å². The van der Waals surface area contributed by atoms with Crippen LogP contribution in [0.5, 0.6) is 5.75 Å². The van der Waals surface area contributed by atoms with Gasteiger partial charge in [-0.2, -0.15) is 0 Å². The fraction of sp³-hybridized carbons (Fsp3) is 0.296. The lowest BCUT2D eigenvalue weighted by molar-refractivity contribution is -0.223. The molecule has 8 heteroatoms. The second-order valence-electron chi connectivity index (χ2n) is 8.73. The van der Waals surface area contributed by atoms with Crippen molar-refractivity contribution >= 4 is 36.2 Å². The fourth-order valence-corrected chi connectivity index (χ4v) is 5.84. The highest BCUT2D eigenvalue weighted by Gasteiger charge is 2.41. The van der Waals surface area contributed by atoms with Crippen LogP contribution >= 0.6 is 24.6 Å². The number of nitrogens with one attached hydrogen (secondary N) is 2. The number of hydrogen-bond donors (Lipinski definition) is 3. The third-order valence-corrected chi connectivity index (χ3v) is 7.97. The molecular formula is C27H29N3O3S2. The summed E-state index contributed by atoms with van der Waals surface area (Å²) >= 11 is 6.32. The summed E-state index contributed by atoms with van der Waals surface area (Å²) in [5, 5.41) is 5.80. The van der Waals surface area contributed by atoms with E-state index >= 15 is 0 Å². The summed E-state index contributed by atoms with van der Waals surface area (Å²) in [4.78, 5) is 13.9. The maximum Gasteiger partial charge on any atom is 0.251 e. The lowest BCUT2D eigenvalue weighted by Gasteiger charge is -2.43. The Morgan fingerprint density at radius 1 is 1.00 bits per heavy atom. The number of fused-ring (bicyclic) bond motifs is 1. The normalized spacial score (nSPS) is 16.9. The van der Waals surface area contributed by atoms with Crippen LogP contribution in [0.15, 0.2) is 70.5 Å². The summed E-state index contributed by atoms with van der Waals surface area (Å²) in [6, 6.07) is 20.1. The van der Waals surface area contributed by atoms with Gasteiger partial charge in [0.15, 0.2) is 0 Å². The summed E-state index contributed by atoms with van der Waals surface area (Å²) in [5.74, 6) is 0.243. The molecule has 0 radical (unpaired) electrons. The van der Waals surface area contributed by atoms with Gasteiger partial charge < -0.3 is 20.1 Å². The van der Waals surface area contributed by atoms with Crippen LogP contribution in [0, 0.1) is 0 Å². The molecule has 2 N–H and O–H groups in total. The highest BCUT2D eigenvalue weighted by atomic mass is 32.2. The average molecular weight is 508 g/mol. The lowest BCUT2D eigenvalue weighted by Crippen LogP contribution is -2.49. The van der Waals surface area contributed by atoms with Crippen LogP contribution in [0.1, 0.15) is 28.8 Å². The molecule has 2 aliphatic rings. The van der Waals surface area contributed by atoms with E-state index in [0.717, 1.165) is 59.0 Å². The van der Waals surface area contributed by atoms with Crippen molar-refractivity contribution < 1.29 is 14.3 Å². The number of benzene rings is 3. The quantitative estimate of drug-likeness (QED) is 0.315. The Morgan fingerprint density at radius 3 is 2.43 bits per heavy atom. The summed E-state index contributed by atoms with van der Waals surface area (Å²) in [5.41, 5.74) is 4.86. The van der Waals surface area contributed by atoms with Gasteiger partial charge in [0.05, 0.1) is 6.61 Å². The monoisotopic (exact) mass is 507 g/mol. The SMILES string of the molecule is CNC(=O)c1ccc(-c2ccc3c(c2)COC2(CCN(Sc4ccc(NC)c(S)c4)CC2)O3)cc1. The van der Waals surface area contributed by atoms with Gasteiger partial charge in [-0.05, 0) is 65.5 Å². The Kier molecular flexibility index (Phi) is 6.98. The van der Waals surface area contributed by atoms with Crippen molar-refractivity contribution in [3.8, 4) is 16.9 Å². The summed E-state index contributed by atoms with van der Waals surface area (Å²) < 4.78 is 15.1. The first kappa shape index (κ1) is 24.1. The zero-order valence-corrected chi connectivity index (χ0v) is 21.5. The van der Waals surface area contributed by atoms with E-state index < -0.39 is 5.79 Å². The first-order valence-electron chi connectivity index (χ1n) is 11.7. The fourth-order valence-electron chi connectivity index (χ4n) is 4.46. The number of piperidine rings is 1. The molecule has 2 aliphatic heterocycles. The van der Waals surface area contributed by atoms with Crippen LogP contribution in [0.4, 0.5) is 5.69 Å². The molecule has 3 aromatic rings. The first-order chi connectivity index (χ1) is 17.0. The average Bonchev–Trinajstić information content (AvgIpc) is 2.89. The van der Waals surface area contributed by atoms with Crippen LogP contribution < -0.4 is 15.4 Å². The Hall–Kier alpha value is -2.65. The Bertz CT molecular complexity index is 1220. The lowest BCUT2D eigenvalue weighted by atomic mass is 9.99. The molecule has 6 nitrogen and oxygen atoms in total. The number of hydrogen-bond acceptors (Lipinski definition) is 7. The summed E-state index contributed by atoms with van der Waals surface area (Å²) in [6.45, 7) is 2.29. The van der Waals surface area contributed by atoms with E-state index in [1.54, 1.807) is 19.0 Å². The highest BCUT2D eigenvalue weighted by Crippen LogP contribution is 2.41. The predicted octanol–water partition coefficient (Wildman–Crippen LogP) is 5.45. The van der Waals surface area contributed by atoms with Gasteiger partial charge in [0.25, 0.3) is 5.91 Å². The summed E-state index contributed by atoms with van der Waals surface area (Å²) in [7, 11) is 3.54. The van der Waals surface area contributed by atoms with Gasteiger partial charge in [-0.1, -0.05) is 18.2 Å². The largest absolute Gasteiger partial charge is 0.462 e. The van der Waals surface area contributed by atoms with Crippen molar-refractivity contribution in [2.24, 2.45) is 0 Å². The smallest absolute Gasteiger partial charge is 0.251 e. The van der Waals surface area contributed by atoms with Gasteiger partial charge in [-0.15, -0.1) is 12.6 Å². The van der Waals surface area contributed by atoms with Gasteiger partial charge in [-0.25, -0.2) is 4.31 Å². The number of nitrogens with zero attached hydrogens (tertiary/aromatic N) is 1. The van der Waals surface area contributed by atoms with Crippen molar-refractivity contribution in [3.63, 3.8) is 0 Å². The molecule has 0 aromatic heterocycles. The molecule has 0 atom stereocenters.